The average molecular weight is 599 g/mol. The Morgan fingerprint density at radius 2 is 1.83 bits per heavy atom. The van der Waals surface area contributed by atoms with Gasteiger partial charge in [-0.25, -0.2) is 9.78 Å². The Hall–Kier alpha value is -4.38. The number of nitrogens with one attached hydrogen (secondary N) is 1. The van der Waals surface area contributed by atoms with Crippen molar-refractivity contribution in [2.45, 2.75) is 45.5 Å². The Bertz CT molecular complexity index is 1910. The molecule has 0 aliphatic carbocycles. The number of carbonyl (C=O) groups is 1. The first-order chi connectivity index (χ1) is 19.6. The van der Waals surface area contributed by atoms with Crippen LogP contribution in [0.15, 0.2) is 63.9 Å². The van der Waals surface area contributed by atoms with Crippen molar-refractivity contribution >= 4 is 45.1 Å². The molecule has 0 aliphatic heterocycles. The Morgan fingerprint density at radius 3 is 2.52 bits per heavy atom. The van der Waals surface area contributed by atoms with Gasteiger partial charge in [0.25, 0.3) is 0 Å². The Morgan fingerprint density at radius 1 is 1.10 bits per heavy atom. The minimum Gasteiger partial charge on any atom is -0.455 e. The molecule has 0 amide bonds. The highest BCUT2D eigenvalue weighted by atomic mass is 35.5. The average Bonchev–Trinajstić information content (AvgIpc) is 3.27. The molecule has 3 heterocycles. The monoisotopic (exact) mass is 598 g/mol. The highest BCUT2D eigenvalue weighted by molar-refractivity contribution is 6.29. The molecule has 2 aromatic carbocycles. The molecule has 1 unspecified atom stereocenters. The minimum absolute atomic E-state index is 0.0274. The molecule has 8 nitrogen and oxygen atoms in total. The van der Waals surface area contributed by atoms with Gasteiger partial charge in [-0.15, -0.1) is 0 Å². The van der Waals surface area contributed by atoms with Gasteiger partial charge in [0.15, 0.2) is 11.1 Å². The van der Waals surface area contributed by atoms with Gasteiger partial charge in [-0.2, -0.15) is 18.3 Å². The first-order valence-electron chi connectivity index (χ1n) is 12.9. The number of hydrogen-bond acceptors (Lipinski definition) is 7. The number of alkyl halides is 3. The first kappa shape index (κ1) is 29.1. The van der Waals surface area contributed by atoms with Gasteiger partial charge in [-0.05, 0) is 58.0 Å². The van der Waals surface area contributed by atoms with Crippen LogP contribution in [0, 0.1) is 0 Å². The lowest BCUT2D eigenvalue weighted by Gasteiger charge is -2.22. The van der Waals surface area contributed by atoms with Crippen LogP contribution >= 0.6 is 11.6 Å². The summed E-state index contributed by atoms with van der Waals surface area (Å²) < 4.78 is 55.1. The summed E-state index contributed by atoms with van der Waals surface area (Å²) in [5.41, 5.74) is -1.12. The van der Waals surface area contributed by atoms with Crippen molar-refractivity contribution in [2.24, 2.45) is 7.05 Å². The van der Waals surface area contributed by atoms with Gasteiger partial charge in [0.2, 0.25) is 0 Å². The molecule has 0 fully saturated rings. The third-order valence-electron chi connectivity index (χ3n) is 6.51. The molecule has 42 heavy (non-hydrogen) atoms. The molecule has 0 spiro atoms. The van der Waals surface area contributed by atoms with E-state index in [9.17, 15) is 22.8 Å². The zero-order valence-electron chi connectivity index (χ0n) is 23.3. The molecule has 0 saturated heterocycles. The number of anilines is 1. The Labute approximate surface area is 243 Å². The second-order valence-corrected chi connectivity index (χ2v) is 11.2. The molecule has 5 aromatic rings. The van der Waals surface area contributed by atoms with Gasteiger partial charge in [-0.3, -0.25) is 9.48 Å². The number of aryl methyl sites for hydroxylation is 1. The molecule has 0 bridgehead atoms. The number of carbonyl (C=O) groups excluding carboxylic acids is 1. The van der Waals surface area contributed by atoms with Gasteiger partial charge in [0.1, 0.15) is 22.1 Å². The summed E-state index contributed by atoms with van der Waals surface area (Å²) >= 11 is 6.04. The van der Waals surface area contributed by atoms with E-state index in [0.717, 1.165) is 23.0 Å². The number of ether oxygens (including phenoxy) is 1. The van der Waals surface area contributed by atoms with Crippen molar-refractivity contribution in [3.63, 3.8) is 0 Å². The van der Waals surface area contributed by atoms with Crippen LogP contribution in [0.2, 0.25) is 5.15 Å². The number of rotatable bonds is 5. The van der Waals surface area contributed by atoms with Gasteiger partial charge >= 0.3 is 12.1 Å². The first-order valence-corrected chi connectivity index (χ1v) is 13.3. The highest BCUT2D eigenvalue weighted by Crippen LogP contribution is 2.37. The predicted octanol–water partition coefficient (Wildman–Crippen LogP) is 7.54. The fraction of sp³-hybridized carbons (Fsp3) is 0.267. The van der Waals surface area contributed by atoms with Crippen molar-refractivity contribution < 1.29 is 27.1 Å². The maximum absolute atomic E-state index is 13.9. The number of fused-ring (bicyclic) bond motifs is 2. The van der Waals surface area contributed by atoms with Crippen LogP contribution in [0.1, 0.15) is 55.4 Å². The molecule has 12 heteroatoms. The van der Waals surface area contributed by atoms with Crippen LogP contribution in [0.5, 0.6) is 0 Å². The van der Waals surface area contributed by atoms with Crippen molar-refractivity contribution in [1.82, 2.24) is 14.8 Å². The van der Waals surface area contributed by atoms with Crippen molar-refractivity contribution in [2.75, 3.05) is 5.32 Å². The van der Waals surface area contributed by atoms with Crippen LogP contribution < -0.4 is 10.7 Å². The zero-order chi connectivity index (χ0) is 30.6. The largest absolute Gasteiger partial charge is 0.455 e. The molecule has 0 radical (unpaired) electrons. The van der Waals surface area contributed by atoms with Crippen LogP contribution in [0.25, 0.3) is 33.2 Å². The van der Waals surface area contributed by atoms with E-state index in [-0.39, 0.29) is 38.8 Å². The number of benzene rings is 2. The maximum atomic E-state index is 13.9. The standard InChI is InChI=1S/C30H26ClF3N4O4/c1-15(36-21-8-9-25(31)37-26(21)28(40)42-29(2,3)4)19-11-18(30(32,33)34)12-20-23(39)13-24(41-27(19)20)16-6-7-17-14-35-38(5)22(17)10-16/h6-15,36H,1-5H3. The molecule has 5 rings (SSSR count). The van der Waals surface area contributed by atoms with Gasteiger partial charge in [0, 0.05) is 29.6 Å². The van der Waals surface area contributed by atoms with E-state index in [1.165, 1.54) is 18.2 Å². The number of nitrogens with zero attached hydrogens (tertiary/aromatic N) is 3. The normalized spacial score (nSPS) is 13.0. The summed E-state index contributed by atoms with van der Waals surface area (Å²) in [5, 5.41) is 7.91. The third kappa shape index (κ3) is 5.82. The van der Waals surface area contributed by atoms with Gasteiger partial charge < -0.3 is 14.5 Å². The number of halogens is 4. The van der Waals surface area contributed by atoms with Crippen LogP contribution in [-0.2, 0) is 18.0 Å². The van der Waals surface area contributed by atoms with Crippen LogP contribution in [-0.4, -0.2) is 26.3 Å². The number of pyridine rings is 1. The summed E-state index contributed by atoms with van der Waals surface area (Å²) in [6.07, 6.45) is -3.04. The second kappa shape index (κ2) is 10.5. The van der Waals surface area contributed by atoms with E-state index in [0.29, 0.717) is 5.56 Å². The van der Waals surface area contributed by atoms with Gasteiger partial charge in [0.05, 0.1) is 34.4 Å². The Balaban J connectivity index is 1.65. The van der Waals surface area contributed by atoms with E-state index in [2.05, 4.69) is 15.4 Å². The number of esters is 1. The lowest BCUT2D eigenvalue weighted by atomic mass is 9.99. The number of aromatic nitrogens is 3. The quantitative estimate of drug-likeness (QED) is 0.165. The summed E-state index contributed by atoms with van der Waals surface area (Å²) in [6.45, 7) is 6.64. The van der Waals surface area contributed by atoms with Crippen molar-refractivity contribution in [3.8, 4) is 11.3 Å². The summed E-state index contributed by atoms with van der Waals surface area (Å²) in [6, 6.07) is 10.2. The van der Waals surface area contributed by atoms with Crippen LogP contribution in [0.4, 0.5) is 18.9 Å². The predicted molar refractivity (Wildman–Crippen MR) is 154 cm³/mol. The minimum atomic E-state index is -4.73. The fourth-order valence-corrected chi connectivity index (χ4v) is 4.70. The van der Waals surface area contributed by atoms with E-state index in [1.54, 1.807) is 57.8 Å². The van der Waals surface area contributed by atoms with Crippen molar-refractivity contribution in [3.05, 3.63) is 86.9 Å². The summed E-state index contributed by atoms with van der Waals surface area (Å²) in [5.74, 6) is -0.598. The summed E-state index contributed by atoms with van der Waals surface area (Å²) in [7, 11) is 1.77. The molecule has 3 aromatic heterocycles. The van der Waals surface area contributed by atoms with E-state index in [4.69, 9.17) is 20.8 Å². The fourth-order valence-electron chi connectivity index (χ4n) is 4.55. The Kier molecular flexibility index (Phi) is 7.26. The summed E-state index contributed by atoms with van der Waals surface area (Å²) in [4.78, 5) is 30.2. The van der Waals surface area contributed by atoms with E-state index < -0.39 is 34.8 Å². The smallest absolute Gasteiger partial charge is 0.416 e. The third-order valence-corrected chi connectivity index (χ3v) is 6.72. The molecule has 1 N–H and O–H groups in total. The topological polar surface area (TPSA) is 99.2 Å². The van der Waals surface area contributed by atoms with E-state index >= 15 is 0 Å². The lowest BCUT2D eigenvalue weighted by molar-refractivity contribution is -0.137. The van der Waals surface area contributed by atoms with Gasteiger partial charge in [-0.1, -0.05) is 23.7 Å². The molecule has 0 aliphatic rings. The number of hydrogen-bond donors (Lipinski definition) is 1. The van der Waals surface area contributed by atoms with Crippen LogP contribution in [0.3, 0.4) is 0 Å². The molecule has 1 atom stereocenters. The van der Waals surface area contributed by atoms with E-state index in [1.807, 2.05) is 6.07 Å². The maximum Gasteiger partial charge on any atom is 0.416 e. The SMILES string of the molecule is CC(Nc1ccc(Cl)nc1C(=O)OC(C)(C)C)c1cc(C(F)(F)F)cc2c(=O)cc(-c3ccc4cnn(C)c4c3)oc12. The molecule has 0 saturated carbocycles. The molecule has 218 valence electrons. The van der Waals surface area contributed by atoms with Crippen molar-refractivity contribution in [1.29, 1.82) is 0 Å². The molecular formula is C30H26ClF3N4O4. The lowest BCUT2D eigenvalue weighted by Crippen LogP contribution is -2.25. The highest BCUT2D eigenvalue weighted by Gasteiger charge is 2.33. The second-order valence-electron chi connectivity index (χ2n) is 10.9. The molecular weight excluding hydrogens is 573 g/mol. The zero-order valence-corrected chi connectivity index (χ0v) is 24.0.